The third kappa shape index (κ3) is 6.76. The lowest BCUT2D eigenvalue weighted by Crippen LogP contribution is -2.34. The molecule has 0 aromatic rings. The van der Waals surface area contributed by atoms with E-state index in [-0.39, 0.29) is 0 Å². The Labute approximate surface area is 121 Å². The van der Waals surface area contributed by atoms with Gasteiger partial charge in [-0.1, -0.05) is 34.1 Å². The smallest absolute Gasteiger partial charge is 0.000945 e. The molecule has 2 rings (SSSR count). The number of hydrogen-bond acceptors (Lipinski definition) is 2. The predicted molar refractivity (Wildman–Crippen MR) is 85.6 cm³/mol. The van der Waals surface area contributed by atoms with Crippen molar-refractivity contribution in [1.82, 2.24) is 9.80 Å². The Bertz CT molecular complexity index is 199. The van der Waals surface area contributed by atoms with E-state index in [1.807, 2.05) is 0 Å². The van der Waals surface area contributed by atoms with E-state index in [4.69, 9.17) is 0 Å². The average molecular weight is 268 g/mol. The highest BCUT2D eigenvalue weighted by atomic mass is 15.1. The second-order valence-corrected chi connectivity index (χ2v) is 6.43. The molecule has 2 heterocycles. The Morgan fingerprint density at radius 3 is 2.00 bits per heavy atom. The second-order valence-electron chi connectivity index (χ2n) is 6.43. The molecule has 2 nitrogen and oxygen atoms in total. The molecule has 0 aromatic carbocycles. The number of piperidine rings is 2. The standard InChI is InChI=1S/C9H19N.C8H17N/c1-3-9-6-5-7-10(4-2)8-9;1-3-9-6-4-8(2)5-7-9/h9H,3-8H2,1-2H3;8H,3-7H2,1-2H3. The molecule has 2 heteroatoms. The van der Waals surface area contributed by atoms with Crippen LogP contribution in [-0.4, -0.2) is 49.1 Å². The lowest BCUT2D eigenvalue weighted by molar-refractivity contribution is 0.179. The molecule has 2 aliphatic heterocycles. The summed E-state index contributed by atoms with van der Waals surface area (Å²) >= 11 is 0. The first-order chi connectivity index (χ1) is 9.19. The SMILES string of the molecule is CCC1CCCN(CC)C1.CCN1CCC(C)CC1. The van der Waals surface area contributed by atoms with Crippen LogP contribution < -0.4 is 0 Å². The summed E-state index contributed by atoms with van der Waals surface area (Å²) < 4.78 is 0. The lowest BCUT2D eigenvalue weighted by atomic mass is 9.96. The molecule has 2 aliphatic rings. The summed E-state index contributed by atoms with van der Waals surface area (Å²) in [6.07, 6.45) is 7.08. The molecular formula is C17H36N2. The summed E-state index contributed by atoms with van der Waals surface area (Å²) in [5.74, 6) is 1.97. The molecule has 0 bridgehead atoms. The Morgan fingerprint density at radius 2 is 1.47 bits per heavy atom. The largest absolute Gasteiger partial charge is 0.304 e. The lowest BCUT2D eigenvalue weighted by Gasteiger charge is -2.31. The van der Waals surface area contributed by atoms with Gasteiger partial charge in [0.1, 0.15) is 0 Å². The van der Waals surface area contributed by atoms with Crippen molar-refractivity contribution >= 4 is 0 Å². The van der Waals surface area contributed by atoms with Crippen molar-refractivity contribution in [3.05, 3.63) is 0 Å². The normalized spacial score (nSPS) is 26.8. The van der Waals surface area contributed by atoms with E-state index >= 15 is 0 Å². The molecule has 114 valence electrons. The van der Waals surface area contributed by atoms with Crippen molar-refractivity contribution in [2.75, 3.05) is 39.3 Å². The predicted octanol–water partition coefficient (Wildman–Crippen LogP) is 3.87. The van der Waals surface area contributed by atoms with Crippen LogP contribution >= 0.6 is 0 Å². The van der Waals surface area contributed by atoms with Gasteiger partial charge in [-0.2, -0.15) is 0 Å². The monoisotopic (exact) mass is 268 g/mol. The minimum Gasteiger partial charge on any atom is -0.304 e. The Hall–Kier alpha value is -0.0800. The topological polar surface area (TPSA) is 6.48 Å². The molecule has 0 N–H and O–H groups in total. The van der Waals surface area contributed by atoms with Gasteiger partial charge in [0.15, 0.2) is 0 Å². The van der Waals surface area contributed by atoms with E-state index in [1.165, 1.54) is 71.4 Å². The van der Waals surface area contributed by atoms with Crippen LogP contribution in [0.4, 0.5) is 0 Å². The van der Waals surface area contributed by atoms with Crippen molar-refractivity contribution in [1.29, 1.82) is 0 Å². The van der Waals surface area contributed by atoms with Crippen LogP contribution in [0, 0.1) is 11.8 Å². The first kappa shape index (κ1) is 17.0. The van der Waals surface area contributed by atoms with E-state index in [9.17, 15) is 0 Å². The molecule has 2 fully saturated rings. The van der Waals surface area contributed by atoms with Gasteiger partial charge in [0.05, 0.1) is 0 Å². The molecule has 0 aliphatic carbocycles. The molecule has 0 saturated carbocycles. The minimum atomic E-state index is 0.979. The van der Waals surface area contributed by atoms with E-state index in [2.05, 4.69) is 37.5 Å². The van der Waals surface area contributed by atoms with E-state index in [0.29, 0.717) is 0 Å². The zero-order valence-electron chi connectivity index (χ0n) is 13.8. The number of rotatable bonds is 3. The average Bonchev–Trinajstić information content (AvgIpc) is 2.48. The van der Waals surface area contributed by atoms with Crippen LogP contribution in [0.3, 0.4) is 0 Å². The van der Waals surface area contributed by atoms with Crippen LogP contribution in [0.15, 0.2) is 0 Å². The van der Waals surface area contributed by atoms with Gasteiger partial charge in [-0.25, -0.2) is 0 Å². The Kier molecular flexibility index (Phi) is 8.72. The second kappa shape index (κ2) is 9.77. The van der Waals surface area contributed by atoms with Gasteiger partial charge < -0.3 is 9.80 Å². The van der Waals surface area contributed by atoms with Crippen molar-refractivity contribution in [3.8, 4) is 0 Å². The highest BCUT2D eigenvalue weighted by Gasteiger charge is 2.16. The van der Waals surface area contributed by atoms with Crippen molar-refractivity contribution in [3.63, 3.8) is 0 Å². The maximum Gasteiger partial charge on any atom is 0.000945 e. The minimum absolute atomic E-state index is 0.979. The molecule has 0 aromatic heterocycles. The quantitative estimate of drug-likeness (QED) is 0.767. The Balaban J connectivity index is 0.000000191. The van der Waals surface area contributed by atoms with Crippen LogP contribution in [0.5, 0.6) is 0 Å². The first-order valence-corrected chi connectivity index (χ1v) is 8.64. The number of hydrogen-bond donors (Lipinski definition) is 0. The number of nitrogens with zero attached hydrogens (tertiary/aromatic N) is 2. The highest BCUT2D eigenvalue weighted by Crippen LogP contribution is 2.18. The van der Waals surface area contributed by atoms with Crippen molar-refractivity contribution in [2.24, 2.45) is 11.8 Å². The molecule has 1 atom stereocenters. The molecule has 2 saturated heterocycles. The van der Waals surface area contributed by atoms with Crippen molar-refractivity contribution < 1.29 is 0 Å². The fourth-order valence-corrected chi connectivity index (χ4v) is 3.15. The summed E-state index contributed by atoms with van der Waals surface area (Å²) in [5, 5.41) is 0. The zero-order chi connectivity index (χ0) is 14.1. The fraction of sp³-hybridized carbons (Fsp3) is 1.00. The molecule has 0 spiro atoms. The van der Waals surface area contributed by atoms with Gasteiger partial charge in [-0.3, -0.25) is 0 Å². The molecular weight excluding hydrogens is 232 g/mol. The van der Waals surface area contributed by atoms with Gasteiger partial charge in [0.2, 0.25) is 0 Å². The zero-order valence-corrected chi connectivity index (χ0v) is 13.8. The van der Waals surface area contributed by atoms with Gasteiger partial charge in [-0.15, -0.1) is 0 Å². The number of likely N-dealkylation sites (tertiary alicyclic amines) is 2. The van der Waals surface area contributed by atoms with Gasteiger partial charge in [0.25, 0.3) is 0 Å². The summed E-state index contributed by atoms with van der Waals surface area (Å²) in [6, 6.07) is 0. The third-order valence-corrected chi connectivity index (χ3v) is 4.95. The fourth-order valence-electron chi connectivity index (χ4n) is 3.15. The van der Waals surface area contributed by atoms with Crippen LogP contribution in [-0.2, 0) is 0 Å². The maximum absolute atomic E-state index is 2.57. The Morgan fingerprint density at radius 1 is 0.842 bits per heavy atom. The molecule has 1 unspecified atom stereocenters. The van der Waals surface area contributed by atoms with Crippen LogP contribution in [0.1, 0.15) is 59.8 Å². The summed E-state index contributed by atoms with van der Waals surface area (Å²) in [7, 11) is 0. The van der Waals surface area contributed by atoms with Gasteiger partial charge >= 0.3 is 0 Å². The summed E-state index contributed by atoms with van der Waals surface area (Å²) in [5.41, 5.74) is 0. The van der Waals surface area contributed by atoms with E-state index < -0.39 is 0 Å². The summed E-state index contributed by atoms with van der Waals surface area (Å²) in [4.78, 5) is 5.09. The van der Waals surface area contributed by atoms with Crippen LogP contribution in [0.25, 0.3) is 0 Å². The van der Waals surface area contributed by atoms with E-state index in [0.717, 1.165) is 11.8 Å². The highest BCUT2D eigenvalue weighted by molar-refractivity contribution is 4.70. The maximum atomic E-state index is 2.57. The van der Waals surface area contributed by atoms with Gasteiger partial charge in [-0.05, 0) is 70.2 Å². The molecule has 0 radical (unpaired) electrons. The van der Waals surface area contributed by atoms with Crippen LogP contribution in [0.2, 0.25) is 0 Å². The first-order valence-electron chi connectivity index (χ1n) is 8.64. The van der Waals surface area contributed by atoms with E-state index in [1.54, 1.807) is 0 Å². The molecule has 0 amide bonds. The molecule has 19 heavy (non-hydrogen) atoms. The summed E-state index contributed by atoms with van der Waals surface area (Å²) in [6.45, 7) is 17.0. The van der Waals surface area contributed by atoms with Crippen molar-refractivity contribution in [2.45, 2.75) is 59.8 Å². The third-order valence-electron chi connectivity index (χ3n) is 4.95. The van der Waals surface area contributed by atoms with Gasteiger partial charge in [0, 0.05) is 6.54 Å².